The molecule has 2 aromatic heterocycles. The second-order valence-electron chi connectivity index (χ2n) is 8.80. The predicted molar refractivity (Wildman–Crippen MR) is 110 cm³/mol. The first kappa shape index (κ1) is 21.8. The summed E-state index contributed by atoms with van der Waals surface area (Å²) < 4.78 is 7.42. The van der Waals surface area contributed by atoms with E-state index in [0.717, 1.165) is 17.4 Å². The number of fused-ring (bicyclic) bond motifs is 1. The summed E-state index contributed by atoms with van der Waals surface area (Å²) in [5.41, 5.74) is -1.12. The predicted octanol–water partition coefficient (Wildman–Crippen LogP) is 0.906. The van der Waals surface area contributed by atoms with E-state index < -0.39 is 23.3 Å². The fraction of sp³-hybridized carbons (Fsp3) is 0.600. The van der Waals surface area contributed by atoms with Crippen LogP contribution in [0.15, 0.2) is 10.9 Å². The van der Waals surface area contributed by atoms with Crippen LogP contribution in [0.5, 0.6) is 5.88 Å². The van der Waals surface area contributed by atoms with Crippen LogP contribution in [0, 0.1) is 5.41 Å². The number of aromatic hydroxyl groups is 1. The van der Waals surface area contributed by atoms with Crippen molar-refractivity contribution < 1.29 is 19.4 Å². The molecule has 1 saturated carbocycles. The third kappa shape index (κ3) is 4.81. The van der Waals surface area contributed by atoms with Crippen LogP contribution < -0.4 is 16.2 Å². The summed E-state index contributed by atoms with van der Waals surface area (Å²) in [7, 11) is 1.58. The summed E-state index contributed by atoms with van der Waals surface area (Å²) in [6, 6.07) is 1.47. The number of carbonyl (C=O) groups is 2. The zero-order chi connectivity index (χ0) is 22.1. The molecule has 0 radical (unpaired) electrons. The molecular weight excluding hydrogens is 390 g/mol. The first-order valence-electron chi connectivity index (χ1n) is 10.1. The van der Waals surface area contributed by atoms with E-state index in [1.165, 1.54) is 10.6 Å². The van der Waals surface area contributed by atoms with Crippen molar-refractivity contribution in [3.05, 3.63) is 27.7 Å². The molecule has 1 fully saturated rings. The van der Waals surface area contributed by atoms with Gasteiger partial charge in [-0.25, -0.2) is 0 Å². The average molecular weight is 419 g/mol. The number of nitrogens with one attached hydrogen (secondary N) is 2. The molecule has 2 amide bonds. The summed E-state index contributed by atoms with van der Waals surface area (Å²) >= 11 is 0. The molecule has 1 aliphatic rings. The van der Waals surface area contributed by atoms with Crippen LogP contribution >= 0.6 is 0 Å². The quantitative estimate of drug-likeness (QED) is 0.546. The lowest BCUT2D eigenvalue weighted by molar-refractivity contribution is 0.0936. The largest absolute Gasteiger partial charge is 0.494 e. The number of amides is 2. The molecule has 30 heavy (non-hydrogen) atoms. The molecule has 2 heterocycles. The third-order valence-corrected chi connectivity index (χ3v) is 4.67. The highest BCUT2D eigenvalue weighted by molar-refractivity contribution is 5.97. The molecule has 1 aliphatic carbocycles. The Balaban J connectivity index is 2.05. The lowest BCUT2D eigenvalue weighted by Gasteiger charge is -2.23. The van der Waals surface area contributed by atoms with Crippen LogP contribution in [0.3, 0.4) is 0 Å². The Hall–Kier alpha value is -2.88. The summed E-state index contributed by atoms with van der Waals surface area (Å²) in [5, 5.41) is 20.4. The molecule has 3 rings (SSSR count). The van der Waals surface area contributed by atoms with Gasteiger partial charge in [0.1, 0.15) is 5.65 Å². The summed E-state index contributed by atoms with van der Waals surface area (Å²) in [6.07, 6.45) is 2.33. The standard InChI is InChI=1S/C20H29N5O5/c1-20(2,3)11-24-14-10-13(16(26)21-8-5-9-30-4)23-25(14)19(29)15(18(24)28)17(27)22-12-6-7-12/h10,12,28H,5-9,11H2,1-4H3,(H,21,26)(H,22,27). The second-order valence-corrected chi connectivity index (χ2v) is 8.80. The number of hydrogen-bond acceptors (Lipinski definition) is 6. The van der Waals surface area contributed by atoms with Crippen molar-refractivity contribution >= 4 is 17.5 Å². The minimum Gasteiger partial charge on any atom is -0.494 e. The van der Waals surface area contributed by atoms with Gasteiger partial charge >= 0.3 is 0 Å². The first-order chi connectivity index (χ1) is 14.1. The van der Waals surface area contributed by atoms with E-state index >= 15 is 0 Å². The third-order valence-electron chi connectivity index (χ3n) is 4.67. The second kappa shape index (κ2) is 8.47. The van der Waals surface area contributed by atoms with Crippen molar-refractivity contribution in [3.8, 4) is 5.88 Å². The molecule has 10 nitrogen and oxygen atoms in total. The molecule has 164 valence electrons. The van der Waals surface area contributed by atoms with Gasteiger partial charge in [-0.1, -0.05) is 20.8 Å². The van der Waals surface area contributed by atoms with Crippen molar-refractivity contribution in [3.63, 3.8) is 0 Å². The Morgan fingerprint density at radius 3 is 2.60 bits per heavy atom. The Morgan fingerprint density at radius 2 is 2.00 bits per heavy atom. The molecule has 0 saturated heterocycles. The Labute approximate surface area is 174 Å². The number of rotatable bonds is 8. The van der Waals surface area contributed by atoms with Crippen molar-refractivity contribution in [2.75, 3.05) is 20.3 Å². The van der Waals surface area contributed by atoms with Gasteiger partial charge in [0.15, 0.2) is 11.3 Å². The molecular formula is C20H29N5O5. The van der Waals surface area contributed by atoms with Crippen LogP contribution in [0.4, 0.5) is 0 Å². The van der Waals surface area contributed by atoms with E-state index in [0.29, 0.717) is 26.1 Å². The van der Waals surface area contributed by atoms with Crippen molar-refractivity contribution in [2.24, 2.45) is 5.41 Å². The lowest BCUT2D eigenvalue weighted by Crippen LogP contribution is -2.35. The molecule has 0 spiro atoms. The van der Waals surface area contributed by atoms with E-state index in [2.05, 4.69) is 15.7 Å². The molecule has 0 aliphatic heterocycles. The van der Waals surface area contributed by atoms with Gasteiger partial charge in [-0.15, -0.1) is 0 Å². The zero-order valence-corrected chi connectivity index (χ0v) is 17.8. The molecule has 0 bridgehead atoms. The van der Waals surface area contributed by atoms with Gasteiger partial charge in [0.05, 0.1) is 0 Å². The van der Waals surface area contributed by atoms with Crippen molar-refractivity contribution in [1.29, 1.82) is 0 Å². The van der Waals surface area contributed by atoms with Gasteiger partial charge in [0.2, 0.25) is 5.88 Å². The fourth-order valence-electron chi connectivity index (χ4n) is 3.09. The average Bonchev–Trinajstić information content (AvgIpc) is 3.35. The normalized spacial score (nSPS) is 14.1. The van der Waals surface area contributed by atoms with Gasteiger partial charge in [-0.3, -0.25) is 19.0 Å². The van der Waals surface area contributed by atoms with Gasteiger partial charge in [-0.05, 0) is 24.7 Å². The van der Waals surface area contributed by atoms with E-state index in [1.807, 2.05) is 20.8 Å². The minimum absolute atomic E-state index is 0.0223. The summed E-state index contributed by atoms with van der Waals surface area (Å²) in [4.78, 5) is 38.1. The highest BCUT2D eigenvalue weighted by Crippen LogP contribution is 2.26. The lowest BCUT2D eigenvalue weighted by atomic mass is 9.96. The molecule has 0 atom stereocenters. The van der Waals surface area contributed by atoms with Crippen molar-refractivity contribution in [2.45, 2.75) is 52.6 Å². The van der Waals surface area contributed by atoms with E-state index in [-0.39, 0.29) is 28.4 Å². The number of nitrogens with zero attached hydrogens (tertiary/aromatic N) is 3. The van der Waals surface area contributed by atoms with E-state index in [9.17, 15) is 19.5 Å². The molecule has 2 aromatic rings. The van der Waals surface area contributed by atoms with Crippen molar-refractivity contribution in [1.82, 2.24) is 24.8 Å². The SMILES string of the molecule is COCCCNC(=O)c1cc2n(CC(C)(C)C)c(O)c(C(=O)NC3CC3)c(=O)n2n1. The maximum atomic E-state index is 13.0. The number of ether oxygens (including phenoxy) is 1. The Bertz CT molecular complexity index is 1010. The highest BCUT2D eigenvalue weighted by Gasteiger charge is 2.30. The summed E-state index contributed by atoms with van der Waals surface area (Å²) in [5.74, 6) is -1.50. The number of methoxy groups -OCH3 is 1. The van der Waals surface area contributed by atoms with Crippen LogP contribution in [-0.2, 0) is 11.3 Å². The van der Waals surface area contributed by atoms with Crippen LogP contribution in [0.1, 0.15) is 60.9 Å². The van der Waals surface area contributed by atoms with Gasteiger partial charge in [0, 0.05) is 38.9 Å². The van der Waals surface area contributed by atoms with Crippen LogP contribution in [0.2, 0.25) is 0 Å². The van der Waals surface area contributed by atoms with Gasteiger partial charge in [-0.2, -0.15) is 9.61 Å². The maximum Gasteiger partial charge on any atom is 0.291 e. The number of hydrogen-bond donors (Lipinski definition) is 3. The molecule has 0 aromatic carbocycles. The Morgan fingerprint density at radius 1 is 1.30 bits per heavy atom. The van der Waals surface area contributed by atoms with Gasteiger partial charge < -0.3 is 20.5 Å². The topological polar surface area (TPSA) is 127 Å². The van der Waals surface area contributed by atoms with E-state index in [4.69, 9.17) is 4.74 Å². The highest BCUT2D eigenvalue weighted by atomic mass is 16.5. The zero-order valence-electron chi connectivity index (χ0n) is 17.8. The number of aromatic nitrogens is 3. The number of carbonyl (C=O) groups excluding carboxylic acids is 2. The molecule has 0 unspecified atom stereocenters. The molecule has 10 heteroatoms. The minimum atomic E-state index is -0.760. The first-order valence-corrected chi connectivity index (χ1v) is 10.1. The molecule has 3 N–H and O–H groups in total. The fourth-order valence-corrected chi connectivity index (χ4v) is 3.09. The Kier molecular flexibility index (Phi) is 6.16. The van der Waals surface area contributed by atoms with E-state index in [1.54, 1.807) is 7.11 Å². The summed E-state index contributed by atoms with van der Waals surface area (Å²) in [6.45, 7) is 7.11. The van der Waals surface area contributed by atoms with Crippen LogP contribution in [-0.4, -0.2) is 57.4 Å². The van der Waals surface area contributed by atoms with Crippen LogP contribution in [0.25, 0.3) is 5.65 Å². The monoisotopic (exact) mass is 419 g/mol. The van der Waals surface area contributed by atoms with Gasteiger partial charge in [0.25, 0.3) is 17.4 Å². The maximum absolute atomic E-state index is 13.0. The smallest absolute Gasteiger partial charge is 0.291 e.